The van der Waals surface area contributed by atoms with Crippen molar-refractivity contribution >= 4 is 46.8 Å². The zero-order chi connectivity index (χ0) is 25.9. The van der Waals surface area contributed by atoms with Crippen molar-refractivity contribution < 1.29 is 24.4 Å². The lowest BCUT2D eigenvalue weighted by molar-refractivity contribution is -0.384. The first kappa shape index (κ1) is 26.0. The molecule has 2 N–H and O–H groups in total. The van der Waals surface area contributed by atoms with E-state index in [2.05, 4.69) is 5.32 Å². The summed E-state index contributed by atoms with van der Waals surface area (Å²) in [5, 5.41) is 24.2. The molecule has 0 aromatic heterocycles. The van der Waals surface area contributed by atoms with Crippen LogP contribution in [-0.4, -0.2) is 57.9 Å². The number of aliphatic carboxylic acids is 1. The lowest BCUT2D eigenvalue weighted by Gasteiger charge is -2.37. The van der Waals surface area contributed by atoms with E-state index in [1.54, 1.807) is 19.2 Å². The van der Waals surface area contributed by atoms with E-state index in [0.29, 0.717) is 22.6 Å². The molecule has 0 saturated heterocycles. The minimum Gasteiger partial charge on any atom is -0.478 e. The highest BCUT2D eigenvalue weighted by Gasteiger charge is 2.38. The topological polar surface area (TPSA) is 133 Å². The molecule has 3 amide bonds. The Morgan fingerprint density at radius 3 is 2.54 bits per heavy atom. The number of halogens is 2. The number of hydrogen-bond acceptors (Lipinski definition) is 5. The number of carboxylic acids is 1. The fraction of sp³-hybridized carbons (Fsp3) is 0.261. The van der Waals surface area contributed by atoms with E-state index < -0.39 is 23.0 Å². The van der Waals surface area contributed by atoms with Gasteiger partial charge in [0, 0.05) is 43.5 Å². The number of nitro benzene ring substituents is 1. The van der Waals surface area contributed by atoms with Gasteiger partial charge in [-0.05, 0) is 37.1 Å². The number of allylic oxidation sites excluding steroid dienone is 1. The second-order valence-corrected chi connectivity index (χ2v) is 8.75. The monoisotopic (exact) mass is 520 g/mol. The predicted molar refractivity (Wildman–Crippen MR) is 129 cm³/mol. The summed E-state index contributed by atoms with van der Waals surface area (Å²) in [6.07, 6.45) is 0.314. The van der Waals surface area contributed by atoms with Crippen LogP contribution in [0.1, 0.15) is 35.3 Å². The van der Waals surface area contributed by atoms with Crippen LogP contribution in [0.25, 0.3) is 0 Å². The number of nitrogens with one attached hydrogen (secondary N) is 1. The third kappa shape index (κ3) is 5.72. The van der Waals surface area contributed by atoms with Crippen molar-refractivity contribution in [1.29, 1.82) is 0 Å². The molecule has 35 heavy (non-hydrogen) atoms. The van der Waals surface area contributed by atoms with Crippen LogP contribution in [0.5, 0.6) is 0 Å². The lowest BCUT2D eigenvalue weighted by Crippen LogP contribution is -2.49. The average Bonchev–Trinajstić information content (AvgIpc) is 2.81. The van der Waals surface area contributed by atoms with Gasteiger partial charge in [0.15, 0.2) is 0 Å². The van der Waals surface area contributed by atoms with Crippen molar-refractivity contribution in [3.05, 3.63) is 85.0 Å². The van der Waals surface area contributed by atoms with Crippen LogP contribution < -0.4 is 5.32 Å². The first-order valence-corrected chi connectivity index (χ1v) is 11.2. The molecule has 10 nitrogen and oxygen atoms in total. The quantitative estimate of drug-likeness (QED) is 0.389. The Kier molecular flexibility index (Phi) is 7.98. The third-order valence-electron chi connectivity index (χ3n) is 5.58. The van der Waals surface area contributed by atoms with E-state index in [1.807, 2.05) is 0 Å². The molecule has 1 heterocycles. The van der Waals surface area contributed by atoms with Gasteiger partial charge in [0.2, 0.25) is 0 Å². The standard InChI is InChI=1S/C23H22Cl2N4O6/c1-13-19(22(31)32)20(14-5-3-6-16(11-14)29(34)35)28(23(33)26-13)10-4-9-27(2)21(30)15-7-8-17(24)18(25)12-15/h3,5-8,11-12,20H,4,9-10H2,1-2H3,(H,26,33)(H,31,32). The zero-order valence-corrected chi connectivity index (χ0v) is 20.3. The largest absolute Gasteiger partial charge is 0.478 e. The first-order chi connectivity index (χ1) is 16.5. The predicted octanol–water partition coefficient (Wildman–Crippen LogP) is 4.49. The number of carbonyl (C=O) groups excluding carboxylic acids is 2. The van der Waals surface area contributed by atoms with Crippen molar-refractivity contribution in [2.75, 3.05) is 20.1 Å². The highest BCUT2D eigenvalue weighted by atomic mass is 35.5. The molecule has 0 fully saturated rings. The SMILES string of the molecule is CC1=C(C(=O)O)C(c2cccc([N+](=O)[O-])c2)N(CCCN(C)C(=O)c2ccc(Cl)c(Cl)c2)C(=O)N1. The van der Waals surface area contributed by atoms with Crippen LogP contribution >= 0.6 is 23.2 Å². The van der Waals surface area contributed by atoms with Crippen LogP contribution in [0.2, 0.25) is 10.0 Å². The normalized spacial score (nSPS) is 15.6. The summed E-state index contributed by atoms with van der Waals surface area (Å²) >= 11 is 11.9. The number of nitro groups is 1. The van der Waals surface area contributed by atoms with E-state index >= 15 is 0 Å². The number of urea groups is 1. The number of rotatable bonds is 8. The van der Waals surface area contributed by atoms with Crippen LogP contribution in [0.4, 0.5) is 10.5 Å². The number of hydrogen-bond donors (Lipinski definition) is 2. The van der Waals surface area contributed by atoms with Crippen LogP contribution in [0.15, 0.2) is 53.7 Å². The van der Waals surface area contributed by atoms with Gasteiger partial charge in [-0.25, -0.2) is 9.59 Å². The molecule has 0 saturated carbocycles. The molecule has 12 heteroatoms. The molecule has 1 aliphatic heterocycles. The van der Waals surface area contributed by atoms with Gasteiger partial charge in [0.1, 0.15) is 0 Å². The van der Waals surface area contributed by atoms with Gasteiger partial charge < -0.3 is 20.2 Å². The van der Waals surface area contributed by atoms with Gasteiger partial charge in [0.25, 0.3) is 11.6 Å². The number of amides is 3. The maximum absolute atomic E-state index is 12.8. The summed E-state index contributed by atoms with van der Waals surface area (Å²) < 4.78 is 0. The van der Waals surface area contributed by atoms with E-state index in [1.165, 1.54) is 47.1 Å². The Balaban J connectivity index is 1.82. The Hall–Kier alpha value is -3.63. The third-order valence-corrected chi connectivity index (χ3v) is 6.32. The molecule has 1 aliphatic rings. The first-order valence-electron chi connectivity index (χ1n) is 10.5. The molecule has 1 atom stereocenters. The minimum atomic E-state index is -1.25. The van der Waals surface area contributed by atoms with Crippen molar-refractivity contribution in [3.8, 4) is 0 Å². The van der Waals surface area contributed by atoms with Crippen molar-refractivity contribution in [2.45, 2.75) is 19.4 Å². The molecular formula is C23H22Cl2N4O6. The number of non-ortho nitro benzene ring substituents is 1. The summed E-state index contributed by atoms with van der Waals surface area (Å²) in [6, 6.07) is 8.48. The van der Waals surface area contributed by atoms with Crippen molar-refractivity contribution in [1.82, 2.24) is 15.1 Å². The summed E-state index contributed by atoms with van der Waals surface area (Å²) in [6.45, 7) is 1.80. The Bertz CT molecular complexity index is 1230. The van der Waals surface area contributed by atoms with E-state index in [0.717, 1.165) is 0 Å². The van der Waals surface area contributed by atoms with Gasteiger partial charge >= 0.3 is 12.0 Å². The molecular weight excluding hydrogens is 499 g/mol. The molecule has 0 radical (unpaired) electrons. The fourth-order valence-electron chi connectivity index (χ4n) is 3.87. The number of nitrogens with zero attached hydrogens (tertiary/aromatic N) is 3. The van der Waals surface area contributed by atoms with E-state index in [4.69, 9.17) is 23.2 Å². The average molecular weight is 521 g/mol. The van der Waals surface area contributed by atoms with Gasteiger partial charge in [-0.1, -0.05) is 35.3 Å². The van der Waals surface area contributed by atoms with Crippen LogP contribution in [0.3, 0.4) is 0 Å². The van der Waals surface area contributed by atoms with Gasteiger partial charge in [-0.3, -0.25) is 14.9 Å². The smallest absolute Gasteiger partial charge is 0.335 e. The van der Waals surface area contributed by atoms with Gasteiger partial charge in [-0.15, -0.1) is 0 Å². The molecule has 0 aliphatic carbocycles. The molecule has 0 spiro atoms. The van der Waals surface area contributed by atoms with Gasteiger partial charge in [0.05, 0.1) is 26.6 Å². The summed E-state index contributed by atoms with van der Waals surface area (Å²) in [4.78, 5) is 51.0. The van der Waals surface area contributed by atoms with Crippen molar-refractivity contribution in [2.24, 2.45) is 0 Å². The maximum Gasteiger partial charge on any atom is 0.335 e. The Morgan fingerprint density at radius 1 is 1.20 bits per heavy atom. The minimum absolute atomic E-state index is 0.0856. The molecule has 2 aromatic rings. The maximum atomic E-state index is 12.8. The molecule has 0 bridgehead atoms. The Labute approximate surface area is 210 Å². The summed E-state index contributed by atoms with van der Waals surface area (Å²) in [7, 11) is 1.59. The van der Waals surface area contributed by atoms with Gasteiger partial charge in [-0.2, -0.15) is 0 Å². The highest BCUT2D eigenvalue weighted by Crippen LogP contribution is 2.35. The second kappa shape index (κ2) is 10.7. The molecule has 3 rings (SSSR count). The summed E-state index contributed by atoms with van der Waals surface area (Å²) in [5.74, 6) is -1.56. The number of carboxylic acid groups (broad SMARTS) is 1. The van der Waals surface area contributed by atoms with E-state index in [9.17, 15) is 29.6 Å². The van der Waals surface area contributed by atoms with Crippen LogP contribution in [0, 0.1) is 10.1 Å². The van der Waals surface area contributed by atoms with Crippen LogP contribution in [-0.2, 0) is 4.79 Å². The Morgan fingerprint density at radius 2 is 1.91 bits per heavy atom. The second-order valence-electron chi connectivity index (χ2n) is 7.93. The lowest BCUT2D eigenvalue weighted by atomic mass is 9.93. The summed E-state index contributed by atoms with van der Waals surface area (Å²) in [5.41, 5.74) is 0.486. The molecule has 1 unspecified atom stereocenters. The van der Waals surface area contributed by atoms with E-state index in [-0.39, 0.29) is 41.0 Å². The number of benzene rings is 2. The number of carbonyl (C=O) groups is 3. The van der Waals surface area contributed by atoms with Crippen molar-refractivity contribution in [3.63, 3.8) is 0 Å². The molecule has 2 aromatic carbocycles. The fourth-order valence-corrected chi connectivity index (χ4v) is 4.17. The zero-order valence-electron chi connectivity index (χ0n) is 18.8. The highest BCUT2D eigenvalue weighted by molar-refractivity contribution is 6.42. The molecule has 184 valence electrons.